The molecule has 0 radical (unpaired) electrons. The minimum absolute atomic E-state index is 0.0838. The lowest BCUT2D eigenvalue weighted by molar-refractivity contribution is -0.174. The number of benzene rings is 1. The number of halogens is 4. The van der Waals surface area contributed by atoms with Crippen LogP contribution in [0.5, 0.6) is 0 Å². The topological polar surface area (TPSA) is 44.1 Å². The van der Waals surface area contributed by atoms with Gasteiger partial charge in [-0.25, -0.2) is 4.98 Å². The Bertz CT molecular complexity index is 685. The maximum Gasteiger partial charge on any atom is 0.411 e. The molecule has 8 heteroatoms. The van der Waals surface area contributed by atoms with Gasteiger partial charge in [-0.1, -0.05) is 11.6 Å². The van der Waals surface area contributed by atoms with Gasteiger partial charge in [0, 0.05) is 18.2 Å². The van der Waals surface area contributed by atoms with E-state index in [4.69, 9.17) is 11.6 Å². The zero-order valence-electron chi connectivity index (χ0n) is 10.9. The van der Waals surface area contributed by atoms with Crippen LogP contribution in [-0.4, -0.2) is 28.9 Å². The molecular weight excluding hydrogens is 309 g/mol. The highest BCUT2D eigenvalue weighted by Crippen LogP contribution is 2.15. The minimum Gasteiger partial charge on any atom is -0.372 e. The van der Waals surface area contributed by atoms with Gasteiger partial charge in [0.2, 0.25) is 0 Å². The molecule has 0 atom stereocenters. The first-order valence-electron chi connectivity index (χ1n) is 6.16. The summed E-state index contributed by atoms with van der Waals surface area (Å²) in [5.41, 5.74) is 0.243. The number of aromatic nitrogens is 2. The Labute approximate surface area is 123 Å². The van der Waals surface area contributed by atoms with E-state index in [2.05, 4.69) is 9.72 Å². The highest BCUT2D eigenvalue weighted by Gasteiger charge is 2.27. The number of hydrogen-bond donors (Lipinski definition) is 0. The zero-order chi connectivity index (χ0) is 15.5. The lowest BCUT2D eigenvalue weighted by atomic mass is 10.2. The number of fused-ring (bicyclic) bond motifs is 1. The molecule has 0 saturated carbocycles. The third kappa shape index (κ3) is 4.44. The molecule has 0 N–H and O–H groups in total. The van der Waals surface area contributed by atoms with Crippen molar-refractivity contribution in [3.8, 4) is 0 Å². The van der Waals surface area contributed by atoms with Gasteiger partial charge >= 0.3 is 6.18 Å². The Kier molecular flexibility index (Phi) is 4.84. The number of rotatable bonds is 5. The van der Waals surface area contributed by atoms with Crippen LogP contribution in [0.3, 0.4) is 0 Å². The third-order valence-electron chi connectivity index (χ3n) is 2.74. The lowest BCUT2D eigenvalue weighted by Crippen LogP contribution is -2.22. The van der Waals surface area contributed by atoms with E-state index >= 15 is 0 Å². The quantitative estimate of drug-likeness (QED) is 0.795. The molecule has 0 saturated heterocycles. The van der Waals surface area contributed by atoms with Gasteiger partial charge in [0.15, 0.2) is 0 Å². The van der Waals surface area contributed by atoms with E-state index in [9.17, 15) is 18.0 Å². The van der Waals surface area contributed by atoms with Crippen molar-refractivity contribution in [2.75, 3.05) is 13.2 Å². The average Bonchev–Trinajstić information content (AvgIpc) is 2.40. The highest BCUT2D eigenvalue weighted by molar-refractivity contribution is 6.31. The molecule has 0 unspecified atom stereocenters. The number of alkyl halides is 3. The first-order chi connectivity index (χ1) is 9.87. The van der Waals surface area contributed by atoms with Crippen LogP contribution in [0.1, 0.15) is 6.42 Å². The molecule has 0 aliphatic heterocycles. The van der Waals surface area contributed by atoms with Crippen molar-refractivity contribution < 1.29 is 17.9 Å². The molecule has 1 aromatic heterocycles. The van der Waals surface area contributed by atoms with Gasteiger partial charge in [-0.15, -0.1) is 0 Å². The molecule has 0 spiro atoms. The Morgan fingerprint density at radius 2 is 2.10 bits per heavy atom. The number of hydrogen-bond acceptors (Lipinski definition) is 3. The van der Waals surface area contributed by atoms with Gasteiger partial charge in [0.25, 0.3) is 5.56 Å². The second kappa shape index (κ2) is 6.44. The summed E-state index contributed by atoms with van der Waals surface area (Å²) in [6, 6.07) is 4.78. The predicted octanol–water partition coefficient (Wildman–Crippen LogP) is 3.02. The summed E-state index contributed by atoms with van der Waals surface area (Å²) in [5.74, 6) is 0. The van der Waals surface area contributed by atoms with Crippen molar-refractivity contribution in [2.45, 2.75) is 19.1 Å². The average molecular weight is 321 g/mol. The molecule has 1 aromatic carbocycles. The van der Waals surface area contributed by atoms with Crippen molar-refractivity contribution in [1.82, 2.24) is 9.55 Å². The van der Waals surface area contributed by atoms with E-state index in [0.29, 0.717) is 15.9 Å². The summed E-state index contributed by atoms with van der Waals surface area (Å²) in [7, 11) is 0. The van der Waals surface area contributed by atoms with Crippen molar-refractivity contribution in [1.29, 1.82) is 0 Å². The monoisotopic (exact) mass is 320 g/mol. The molecule has 0 amide bonds. The molecule has 2 aromatic rings. The van der Waals surface area contributed by atoms with E-state index in [1.807, 2.05) is 0 Å². The minimum atomic E-state index is -4.34. The summed E-state index contributed by atoms with van der Waals surface area (Å²) in [5, 5.41) is 0.800. The standard InChI is InChI=1S/C13H12ClF3N2O2/c14-9-2-3-11-10(6-9)12(20)19(8-18-11)4-1-5-21-7-13(15,16)17/h2-3,6,8H,1,4-5,7H2. The Hall–Kier alpha value is -1.60. The Morgan fingerprint density at radius 3 is 2.81 bits per heavy atom. The molecule has 114 valence electrons. The fourth-order valence-electron chi connectivity index (χ4n) is 1.82. The molecule has 0 fully saturated rings. The fourth-order valence-corrected chi connectivity index (χ4v) is 1.99. The second-order valence-electron chi connectivity index (χ2n) is 4.43. The number of nitrogens with zero attached hydrogens (tertiary/aromatic N) is 2. The van der Waals surface area contributed by atoms with Crippen molar-refractivity contribution in [2.24, 2.45) is 0 Å². The first kappa shape index (κ1) is 15.8. The van der Waals surface area contributed by atoms with E-state index in [1.54, 1.807) is 12.1 Å². The second-order valence-corrected chi connectivity index (χ2v) is 4.86. The molecular formula is C13H12ClF3N2O2. The maximum atomic E-state index is 12.1. The number of aryl methyl sites for hydroxylation is 1. The number of ether oxygens (including phenoxy) is 1. The maximum absolute atomic E-state index is 12.1. The van der Waals surface area contributed by atoms with Crippen LogP contribution in [0.25, 0.3) is 10.9 Å². The van der Waals surface area contributed by atoms with Crippen LogP contribution in [0.15, 0.2) is 29.3 Å². The molecule has 0 aliphatic carbocycles. The van der Waals surface area contributed by atoms with Gasteiger partial charge in [-0.05, 0) is 24.6 Å². The highest BCUT2D eigenvalue weighted by atomic mass is 35.5. The van der Waals surface area contributed by atoms with E-state index in [1.165, 1.54) is 17.0 Å². The van der Waals surface area contributed by atoms with Crippen molar-refractivity contribution in [3.63, 3.8) is 0 Å². The van der Waals surface area contributed by atoms with Crippen LogP contribution < -0.4 is 5.56 Å². The lowest BCUT2D eigenvalue weighted by Gasteiger charge is -2.09. The summed E-state index contributed by atoms with van der Waals surface area (Å²) in [6.07, 6.45) is -2.69. The van der Waals surface area contributed by atoms with Gasteiger partial charge in [0.1, 0.15) is 6.61 Å². The van der Waals surface area contributed by atoms with Gasteiger partial charge in [-0.2, -0.15) is 13.2 Å². The van der Waals surface area contributed by atoms with Crippen LogP contribution in [0, 0.1) is 0 Å². The van der Waals surface area contributed by atoms with Gasteiger partial charge in [0.05, 0.1) is 17.2 Å². The van der Waals surface area contributed by atoms with Crippen molar-refractivity contribution >= 4 is 22.5 Å². The van der Waals surface area contributed by atoms with E-state index in [0.717, 1.165) is 0 Å². The Balaban J connectivity index is 2.00. The molecule has 1 heterocycles. The zero-order valence-corrected chi connectivity index (χ0v) is 11.6. The van der Waals surface area contributed by atoms with Crippen LogP contribution in [-0.2, 0) is 11.3 Å². The molecule has 0 aliphatic rings. The van der Waals surface area contributed by atoms with E-state index < -0.39 is 12.8 Å². The third-order valence-corrected chi connectivity index (χ3v) is 2.97. The Morgan fingerprint density at radius 1 is 1.33 bits per heavy atom. The van der Waals surface area contributed by atoms with Crippen LogP contribution in [0.4, 0.5) is 13.2 Å². The summed E-state index contributed by atoms with van der Waals surface area (Å²) < 4.78 is 41.5. The van der Waals surface area contributed by atoms with Gasteiger partial charge in [-0.3, -0.25) is 9.36 Å². The predicted molar refractivity (Wildman–Crippen MR) is 72.5 cm³/mol. The first-order valence-corrected chi connectivity index (χ1v) is 6.54. The summed E-state index contributed by atoms with van der Waals surface area (Å²) in [4.78, 5) is 16.3. The van der Waals surface area contributed by atoms with Crippen LogP contribution >= 0.6 is 11.6 Å². The normalized spacial score (nSPS) is 12.0. The molecule has 2 rings (SSSR count). The molecule has 4 nitrogen and oxygen atoms in total. The smallest absolute Gasteiger partial charge is 0.372 e. The fraction of sp³-hybridized carbons (Fsp3) is 0.385. The van der Waals surface area contributed by atoms with Crippen LogP contribution in [0.2, 0.25) is 5.02 Å². The molecule has 21 heavy (non-hydrogen) atoms. The SMILES string of the molecule is O=c1c2cc(Cl)ccc2ncn1CCCOCC(F)(F)F. The largest absolute Gasteiger partial charge is 0.411 e. The van der Waals surface area contributed by atoms with E-state index in [-0.39, 0.29) is 25.1 Å². The van der Waals surface area contributed by atoms with Gasteiger partial charge < -0.3 is 4.74 Å². The summed E-state index contributed by atoms with van der Waals surface area (Å²) in [6.45, 7) is -1.14. The summed E-state index contributed by atoms with van der Waals surface area (Å²) >= 11 is 5.83. The van der Waals surface area contributed by atoms with Crippen molar-refractivity contribution in [3.05, 3.63) is 39.9 Å². The molecule has 0 bridgehead atoms.